The number of nitrogens with zero attached hydrogens (tertiary/aromatic N) is 1. The minimum absolute atomic E-state index is 0.304. The Hall–Kier alpha value is -0.440. The maximum absolute atomic E-state index is 12.5. The van der Waals surface area contributed by atoms with E-state index < -0.39 is 0 Å². The Morgan fingerprint density at radius 1 is 1.55 bits per heavy atom. The monoisotopic (exact) mass is 217 g/mol. The molecule has 0 aromatic carbocycles. The average molecular weight is 218 g/mol. The highest BCUT2D eigenvalue weighted by molar-refractivity contribution is 9.10. The molecule has 11 heavy (non-hydrogen) atoms. The molecule has 1 aromatic heterocycles. The van der Waals surface area contributed by atoms with Gasteiger partial charge in [0, 0.05) is 4.47 Å². The van der Waals surface area contributed by atoms with Crippen molar-refractivity contribution in [3.63, 3.8) is 0 Å². The van der Waals surface area contributed by atoms with E-state index in [1.807, 2.05) is 13.8 Å². The summed E-state index contributed by atoms with van der Waals surface area (Å²) >= 11 is 3.25. The lowest BCUT2D eigenvalue weighted by Gasteiger charge is -2.05. The molecule has 1 nitrogen and oxygen atoms in total. The van der Waals surface area contributed by atoms with Crippen molar-refractivity contribution in [2.75, 3.05) is 0 Å². The number of hydrogen-bond acceptors (Lipinski definition) is 1. The Labute approximate surface area is 73.8 Å². The highest BCUT2D eigenvalue weighted by atomic mass is 79.9. The number of halogens is 2. The van der Waals surface area contributed by atoms with Crippen molar-refractivity contribution in [1.29, 1.82) is 0 Å². The molecule has 0 unspecified atom stereocenters. The molecule has 0 radical (unpaired) electrons. The highest BCUT2D eigenvalue weighted by Crippen LogP contribution is 2.22. The Morgan fingerprint density at radius 3 is 2.64 bits per heavy atom. The normalized spacial score (nSPS) is 10.6. The van der Waals surface area contributed by atoms with E-state index >= 15 is 0 Å². The van der Waals surface area contributed by atoms with E-state index in [1.54, 1.807) is 0 Å². The van der Waals surface area contributed by atoms with Gasteiger partial charge in [0.15, 0.2) is 0 Å². The summed E-state index contributed by atoms with van der Waals surface area (Å²) in [5, 5.41) is 0. The minimum Gasteiger partial charge on any atom is -0.257 e. The summed E-state index contributed by atoms with van der Waals surface area (Å²) in [5.41, 5.74) is 0.895. The molecule has 0 saturated carbocycles. The zero-order valence-corrected chi connectivity index (χ0v) is 8.02. The molecule has 1 rings (SSSR count). The molecule has 0 atom stereocenters. The van der Waals surface area contributed by atoms with E-state index in [1.165, 1.54) is 12.3 Å². The molecule has 3 heteroatoms. The standard InChI is InChI=1S/C8H9BrFN/c1-5(2)8-7(9)3-6(10)4-11-8/h3-5H,1-2H3. The first kappa shape index (κ1) is 8.65. The number of aromatic nitrogens is 1. The Kier molecular flexibility index (Phi) is 2.60. The second-order valence-corrected chi connectivity index (χ2v) is 3.53. The SMILES string of the molecule is CC(C)c1ncc(F)cc1Br. The van der Waals surface area contributed by atoms with Crippen molar-refractivity contribution in [3.05, 3.63) is 28.2 Å². The summed E-state index contributed by atoms with van der Waals surface area (Å²) in [6.45, 7) is 4.04. The van der Waals surface area contributed by atoms with Crippen LogP contribution >= 0.6 is 15.9 Å². The maximum atomic E-state index is 12.5. The molecule has 0 spiro atoms. The quantitative estimate of drug-likeness (QED) is 0.705. The zero-order valence-electron chi connectivity index (χ0n) is 6.44. The molecule has 0 saturated heterocycles. The molecule has 60 valence electrons. The van der Waals surface area contributed by atoms with Gasteiger partial charge in [0.05, 0.1) is 11.9 Å². The Balaban J connectivity index is 3.09. The van der Waals surface area contributed by atoms with Crippen LogP contribution in [0.15, 0.2) is 16.7 Å². The fourth-order valence-electron chi connectivity index (χ4n) is 0.850. The molecule has 0 bridgehead atoms. The van der Waals surface area contributed by atoms with Gasteiger partial charge in [-0.25, -0.2) is 4.39 Å². The predicted molar refractivity (Wildman–Crippen MR) is 46.0 cm³/mol. The van der Waals surface area contributed by atoms with Crippen LogP contribution in [0.3, 0.4) is 0 Å². The molecule has 0 aliphatic rings. The minimum atomic E-state index is -0.304. The summed E-state index contributed by atoms with van der Waals surface area (Å²) in [7, 11) is 0. The third kappa shape index (κ3) is 1.99. The van der Waals surface area contributed by atoms with Crippen LogP contribution in [0.4, 0.5) is 4.39 Å². The highest BCUT2D eigenvalue weighted by Gasteiger charge is 2.06. The summed E-state index contributed by atoms with van der Waals surface area (Å²) in [4.78, 5) is 3.96. The molecular weight excluding hydrogens is 209 g/mol. The van der Waals surface area contributed by atoms with Crippen molar-refractivity contribution in [3.8, 4) is 0 Å². The summed E-state index contributed by atoms with van der Waals surface area (Å²) in [6.07, 6.45) is 1.24. The maximum Gasteiger partial charge on any atom is 0.142 e. The molecule has 0 aliphatic heterocycles. The summed E-state index contributed by atoms with van der Waals surface area (Å²) < 4.78 is 13.3. The van der Waals surface area contributed by atoms with E-state index in [-0.39, 0.29) is 5.82 Å². The smallest absolute Gasteiger partial charge is 0.142 e. The molecule has 1 heterocycles. The molecule has 0 fully saturated rings. The van der Waals surface area contributed by atoms with Crippen LogP contribution < -0.4 is 0 Å². The van der Waals surface area contributed by atoms with E-state index in [9.17, 15) is 4.39 Å². The molecule has 0 aliphatic carbocycles. The zero-order chi connectivity index (χ0) is 8.43. The predicted octanol–water partition coefficient (Wildman–Crippen LogP) is 3.11. The Bertz CT molecular complexity index is 260. The van der Waals surface area contributed by atoms with Crippen LogP contribution in [0.2, 0.25) is 0 Å². The number of hydrogen-bond donors (Lipinski definition) is 0. The third-order valence-corrected chi connectivity index (χ3v) is 2.02. The second kappa shape index (κ2) is 3.30. The van der Waals surface area contributed by atoms with Crippen LogP contribution in [0, 0.1) is 5.82 Å². The van der Waals surface area contributed by atoms with Crippen LogP contribution in [0.25, 0.3) is 0 Å². The van der Waals surface area contributed by atoms with Gasteiger partial charge in [0.1, 0.15) is 5.82 Å². The van der Waals surface area contributed by atoms with E-state index in [0.717, 1.165) is 10.2 Å². The third-order valence-electron chi connectivity index (χ3n) is 1.38. The fourth-order valence-corrected chi connectivity index (χ4v) is 1.63. The molecular formula is C8H9BrFN. The average Bonchev–Trinajstić information content (AvgIpc) is 1.85. The first-order valence-corrected chi connectivity index (χ1v) is 4.21. The van der Waals surface area contributed by atoms with Gasteiger partial charge < -0.3 is 0 Å². The molecule has 1 aromatic rings. The second-order valence-electron chi connectivity index (χ2n) is 2.68. The lowest BCUT2D eigenvalue weighted by atomic mass is 10.1. The van der Waals surface area contributed by atoms with Crippen LogP contribution in [0.1, 0.15) is 25.5 Å². The van der Waals surface area contributed by atoms with Gasteiger partial charge in [0.25, 0.3) is 0 Å². The van der Waals surface area contributed by atoms with E-state index in [2.05, 4.69) is 20.9 Å². The first-order valence-electron chi connectivity index (χ1n) is 3.42. The van der Waals surface area contributed by atoms with Gasteiger partial charge in [-0.2, -0.15) is 0 Å². The van der Waals surface area contributed by atoms with Gasteiger partial charge >= 0.3 is 0 Å². The van der Waals surface area contributed by atoms with Crippen LogP contribution in [-0.2, 0) is 0 Å². The van der Waals surface area contributed by atoms with E-state index in [0.29, 0.717) is 5.92 Å². The van der Waals surface area contributed by atoms with Gasteiger partial charge in [-0.3, -0.25) is 4.98 Å². The van der Waals surface area contributed by atoms with Gasteiger partial charge in [-0.05, 0) is 27.9 Å². The lowest BCUT2D eigenvalue weighted by Crippen LogP contribution is -1.94. The van der Waals surface area contributed by atoms with Crippen molar-refractivity contribution >= 4 is 15.9 Å². The van der Waals surface area contributed by atoms with Crippen molar-refractivity contribution < 1.29 is 4.39 Å². The summed E-state index contributed by atoms with van der Waals surface area (Å²) in [5.74, 6) is 0.0197. The number of rotatable bonds is 1. The van der Waals surface area contributed by atoms with Crippen LogP contribution in [0.5, 0.6) is 0 Å². The van der Waals surface area contributed by atoms with Crippen molar-refractivity contribution in [2.24, 2.45) is 0 Å². The molecule has 0 amide bonds. The van der Waals surface area contributed by atoms with Gasteiger partial charge in [-0.1, -0.05) is 13.8 Å². The first-order chi connectivity index (χ1) is 5.11. The lowest BCUT2D eigenvalue weighted by molar-refractivity contribution is 0.615. The van der Waals surface area contributed by atoms with Gasteiger partial charge in [0.2, 0.25) is 0 Å². The van der Waals surface area contributed by atoms with Gasteiger partial charge in [-0.15, -0.1) is 0 Å². The van der Waals surface area contributed by atoms with Crippen molar-refractivity contribution in [1.82, 2.24) is 4.98 Å². The fraction of sp³-hybridized carbons (Fsp3) is 0.375. The largest absolute Gasteiger partial charge is 0.257 e. The number of pyridine rings is 1. The van der Waals surface area contributed by atoms with Crippen LogP contribution in [-0.4, -0.2) is 4.98 Å². The topological polar surface area (TPSA) is 12.9 Å². The Morgan fingerprint density at radius 2 is 2.18 bits per heavy atom. The van der Waals surface area contributed by atoms with Crippen molar-refractivity contribution in [2.45, 2.75) is 19.8 Å². The summed E-state index contributed by atoms with van der Waals surface area (Å²) in [6, 6.07) is 1.43. The molecule has 0 N–H and O–H groups in total. The van der Waals surface area contributed by atoms with E-state index in [4.69, 9.17) is 0 Å².